The van der Waals surface area contributed by atoms with Crippen molar-refractivity contribution in [2.75, 3.05) is 12.4 Å². The first-order valence-electron chi connectivity index (χ1n) is 7.21. The number of urea groups is 1. The summed E-state index contributed by atoms with van der Waals surface area (Å²) in [6.45, 7) is 2.02. The van der Waals surface area contributed by atoms with Gasteiger partial charge in [0, 0.05) is 12.5 Å². The fourth-order valence-electron chi connectivity index (χ4n) is 2.33. The van der Waals surface area contributed by atoms with Gasteiger partial charge >= 0.3 is 6.03 Å². The number of fused-ring (bicyclic) bond motifs is 1. The molecule has 118 valence electrons. The van der Waals surface area contributed by atoms with Gasteiger partial charge in [-0.15, -0.1) is 0 Å². The van der Waals surface area contributed by atoms with Gasteiger partial charge in [-0.2, -0.15) is 0 Å². The number of aliphatic hydroxyl groups is 1. The molecular weight excluding hydrogens is 294 g/mol. The number of amides is 2. The van der Waals surface area contributed by atoms with E-state index in [0.717, 1.165) is 5.69 Å². The van der Waals surface area contributed by atoms with Gasteiger partial charge in [-0.05, 0) is 30.7 Å². The maximum Gasteiger partial charge on any atom is 0.320 e. The van der Waals surface area contributed by atoms with Crippen molar-refractivity contribution in [3.8, 4) is 0 Å². The van der Waals surface area contributed by atoms with Crippen LogP contribution in [0.1, 0.15) is 19.0 Å². The van der Waals surface area contributed by atoms with E-state index in [-0.39, 0.29) is 17.2 Å². The summed E-state index contributed by atoms with van der Waals surface area (Å²) in [7, 11) is 1.54. The lowest BCUT2D eigenvalue weighted by atomic mass is 9.80. The van der Waals surface area contributed by atoms with Gasteiger partial charge in [0.15, 0.2) is 5.65 Å². The van der Waals surface area contributed by atoms with Crippen molar-refractivity contribution in [3.05, 3.63) is 48.0 Å². The van der Waals surface area contributed by atoms with E-state index in [1.54, 1.807) is 30.5 Å². The Balaban J connectivity index is 1.97. The van der Waals surface area contributed by atoms with E-state index in [4.69, 9.17) is 0 Å². The number of pyridine rings is 1. The number of hydrogen-bond acceptors (Lipinski definition) is 5. The zero-order valence-electron chi connectivity index (χ0n) is 12.9. The molecule has 7 heteroatoms. The number of anilines is 1. The Hall–Kier alpha value is -2.96. The topological polar surface area (TPSA) is 100 Å². The minimum Gasteiger partial charge on any atom is -0.508 e. The van der Waals surface area contributed by atoms with Crippen LogP contribution in [0, 0.1) is 0 Å². The standard InChI is InChI=1S/C16H17N5O2/c1-16(7-5-10(22)6-8-16)12-9-18-11-3-4-13(20-14(11)19-12)21-15(23)17-2/h3-7,9,22H,8H2,1-2H3,(H2,17,19,20,21,23). The third kappa shape index (κ3) is 2.98. The molecule has 0 aromatic carbocycles. The molecule has 0 radical (unpaired) electrons. The number of nitrogens with one attached hydrogen (secondary N) is 2. The van der Waals surface area contributed by atoms with Crippen molar-refractivity contribution < 1.29 is 9.90 Å². The van der Waals surface area contributed by atoms with Gasteiger partial charge in [0.25, 0.3) is 0 Å². The first kappa shape index (κ1) is 15.0. The summed E-state index contributed by atoms with van der Waals surface area (Å²) < 4.78 is 0. The molecule has 0 aliphatic heterocycles. The minimum atomic E-state index is -0.348. The first-order chi connectivity index (χ1) is 11.0. The Morgan fingerprint density at radius 2 is 2.17 bits per heavy atom. The highest BCUT2D eigenvalue weighted by Crippen LogP contribution is 2.32. The fourth-order valence-corrected chi connectivity index (χ4v) is 2.33. The number of nitrogens with zero attached hydrogens (tertiary/aromatic N) is 3. The average molecular weight is 311 g/mol. The van der Waals surface area contributed by atoms with Gasteiger partial charge < -0.3 is 10.4 Å². The third-order valence-corrected chi connectivity index (χ3v) is 3.82. The van der Waals surface area contributed by atoms with Crippen LogP contribution in [-0.4, -0.2) is 33.1 Å². The molecule has 7 nitrogen and oxygen atoms in total. The van der Waals surface area contributed by atoms with Crippen LogP contribution >= 0.6 is 0 Å². The van der Waals surface area contributed by atoms with Crippen molar-refractivity contribution in [1.82, 2.24) is 20.3 Å². The van der Waals surface area contributed by atoms with E-state index in [1.807, 2.05) is 13.0 Å². The summed E-state index contributed by atoms with van der Waals surface area (Å²) in [5.74, 6) is 0.664. The molecule has 2 aromatic rings. The van der Waals surface area contributed by atoms with Crippen LogP contribution in [0.5, 0.6) is 0 Å². The Morgan fingerprint density at radius 3 is 2.87 bits per heavy atom. The lowest BCUT2D eigenvalue weighted by molar-refractivity contribution is 0.254. The first-order valence-corrected chi connectivity index (χ1v) is 7.21. The lowest BCUT2D eigenvalue weighted by Gasteiger charge is -2.26. The van der Waals surface area contributed by atoms with Crippen molar-refractivity contribution >= 4 is 23.0 Å². The number of rotatable bonds is 2. The Bertz CT molecular complexity index is 830. The quantitative estimate of drug-likeness (QED) is 0.791. The van der Waals surface area contributed by atoms with E-state index >= 15 is 0 Å². The SMILES string of the molecule is CNC(=O)Nc1ccc2ncc(C3(C)C=CC(O)=CC3)nc2n1. The highest BCUT2D eigenvalue weighted by Gasteiger charge is 2.27. The van der Waals surface area contributed by atoms with E-state index in [0.29, 0.717) is 23.4 Å². The van der Waals surface area contributed by atoms with E-state index in [2.05, 4.69) is 25.6 Å². The molecule has 0 fully saturated rings. The summed E-state index contributed by atoms with van der Waals surface area (Å²) in [5.41, 5.74) is 1.52. The van der Waals surface area contributed by atoms with Crippen LogP contribution in [0.25, 0.3) is 11.2 Å². The molecule has 0 bridgehead atoms. The minimum absolute atomic E-state index is 0.256. The lowest BCUT2D eigenvalue weighted by Crippen LogP contribution is -2.25. The number of carbonyl (C=O) groups excluding carboxylic acids is 1. The van der Waals surface area contributed by atoms with E-state index in [1.165, 1.54) is 7.05 Å². The molecule has 23 heavy (non-hydrogen) atoms. The van der Waals surface area contributed by atoms with Crippen LogP contribution in [-0.2, 0) is 5.41 Å². The van der Waals surface area contributed by atoms with Crippen LogP contribution in [0.4, 0.5) is 10.6 Å². The molecule has 1 unspecified atom stereocenters. The van der Waals surface area contributed by atoms with Crippen LogP contribution in [0.3, 0.4) is 0 Å². The Labute approximate surface area is 133 Å². The molecular formula is C16H17N5O2. The molecule has 0 saturated heterocycles. The summed E-state index contributed by atoms with van der Waals surface area (Å²) in [6.07, 6.45) is 7.67. The number of aromatic nitrogens is 3. The van der Waals surface area contributed by atoms with Gasteiger partial charge in [0.1, 0.15) is 17.1 Å². The molecule has 2 heterocycles. The second kappa shape index (κ2) is 5.68. The monoisotopic (exact) mass is 311 g/mol. The van der Waals surface area contributed by atoms with Crippen LogP contribution in [0.2, 0.25) is 0 Å². The predicted octanol–water partition coefficient (Wildman–Crippen LogP) is 2.44. The average Bonchev–Trinajstić information content (AvgIpc) is 2.57. The van der Waals surface area contributed by atoms with Gasteiger partial charge in [0.05, 0.1) is 11.9 Å². The van der Waals surface area contributed by atoms with Crippen LogP contribution in [0.15, 0.2) is 42.3 Å². The van der Waals surface area contributed by atoms with Crippen molar-refractivity contribution in [1.29, 1.82) is 0 Å². The second-order valence-electron chi connectivity index (χ2n) is 5.58. The predicted molar refractivity (Wildman–Crippen MR) is 87.2 cm³/mol. The zero-order chi connectivity index (χ0) is 16.4. The zero-order valence-corrected chi connectivity index (χ0v) is 12.9. The second-order valence-corrected chi connectivity index (χ2v) is 5.58. The third-order valence-electron chi connectivity index (χ3n) is 3.82. The number of allylic oxidation sites excluding steroid dienone is 3. The molecule has 1 atom stereocenters. The molecule has 1 aliphatic carbocycles. The summed E-state index contributed by atoms with van der Waals surface area (Å²) in [5, 5.41) is 14.6. The largest absolute Gasteiger partial charge is 0.508 e. The van der Waals surface area contributed by atoms with E-state index < -0.39 is 0 Å². The molecule has 3 N–H and O–H groups in total. The van der Waals surface area contributed by atoms with Crippen molar-refractivity contribution in [3.63, 3.8) is 0 Å². The van der Waals surface area contributed by atoms with Gasteiger partial charge in [-0.3, -0.25) is 10.3 Å². The molecule has 0 spiro atoms. The van der Waals surface area contributed by atoms with Gasteiger partial charge in [-0.1, -0.05) is 13.0 Å². The highest BCUT2D eigenvalue weighted by atomic mass is 16.3. The molecule has 2 aromatic heterocycles. The maximum atomic E-state index is 11.4. The maximum absolute atomic E-state index is 11.4. The molecule has 3 rings (SSSR count). The van der Waals surface area contributed by atoms with E-state index in [9.17, 15) is 9.90 Å². The summed E-state index contributed by atoms with van der Waals surface area (Å²) >= 11 is 0. The van der Waals surface area contributed by atoms with Gasteiger partial charge in [-0.25, -0.2) is 14.8 Å². The molecule has 2 amide bonds. The number of carbonyl (C=O) groups is 1. The number of aliphatic hydroxyl groups excluding tert-OH is 1. The van der Waals surface area contributed by atoms with Crippen molar-refractivity contribution in [2.24, 2.45) is 0 Å². The molecule has 1 aliphatic rings. The van der Waals surface area contributed by atoms with Gasteiger partial charge in [0.2, 0.25) is 0 Å². The smallest absolute Gasteiger partial charge is 0.320 e. The number of hydrogen-bond donors (Lipinski definition) is 3. The van der Waals surface area contributed by atoms with Crippen LogP contribution < -0.4 is 10.6 Å². The normalized spacial score (nSPS) is 20.2. The Morgan fingerprint density at radius 1 is 1.35 bits per heavy atom. The highest BCUT2D eigenvalue weighted by molar-refractivity contribution is 5.89. The molecule has 0 saturated carbocycles. The van der Waals surface area contributed by atoms with Crippen molar-refractivity contribution in [2.45, 2.75) is 18.8 Å². The Kier molecular flexibility index (Phi) is 3.69. The summed E-state index contributed by atoms with van der Waals surface area (Å²) in [4.78, 5) is 24.7. The fraction of sp³-hybridized carbons (Fsp3) is 0.250. The summed E-state index contributed by atoms with van der Waals surface area (Å²) in [6, 6.07) is 3.09.